The molecule has 19 heavy (non-hydrogen) atoms. The van der Waals surface area contributed by atoms with Crippen LogP contribution in [-0.2, 0) is 0 Å². The molecular weight excluding hydrogens is 312 g/mol. The van der Waals surface area contributed by atoms with Crippen LogP contribution >= 0.6 is 34.8 Å². The first-order valence-corrected chi connectivity index (χ1v) is 6.18. The van der Waals surface area contributed by atoms with E-state index in [-0.39, 0.29) is 27.2 Å². The summed E-state index contributed by atoms with van der Waals surface area (Å²) >= 11 is 17.7. The Labute approximate surface area is 123 Å². The topological polar surface area (TPSA) is 52.4 Å². The number of nitrogens with zero attached hydrogens (tertiary/aromatic N) is 1. The number of para-hydroxylation sites is 2. The zero-order valence-corrected chi connectivity index (χ0v) is 11.5. The minimum absolute atomic E-state index is 0.0543. The molecule has 0 N–H and O–H groups in total. The molecule has 0 saturated carbocycles. The molecule has 0 aromatic heterocycles. The van der Waals surface area contributed by atoms with Crippen LogP contribution < -0.4 is 4.74 Å². The lowest BCUT2D eigenvalue weighted by Crippen LogP contribution is -1.94. The number of ether oxygens (including phenoxy) is 1. The predicted molar refractivity (Wildman–Crippen MR) is 74.6 cm³/mol. The van der Waals surface area contributed by atoms with E-state index >= 15 is 0 Å². The number of nitro benzene ring substituents is 1. The number of halogens is 3. The number of benzene rings is 2. The molecule has 0 heterocycles. The van der Waals surface area contributed by atoms with Gasteiger partial charge >= 0.3 is 5.69 Å². The van der Waals surface area contributed by atoms with Crippen LogP contribution in [-0.4, -0.2) is 4.92 Å². The van der Waals surface area contributed by atoms with Gasteiger partial charge in [-0.2, -0.15) is 0 Å². The summed E-state index contributed by atoms with van der Waals surface area (Å²) < 4.78 is 5.42. The van der Waals surface area contributed by atoms with Crippen molar-refractivity contribution in [2.24, 2.45) is 0 Å². The summed E-state index contributed by atoms with van der Waals surface area (Å²) in [5, 5.41) is 11.6. The lowest BCUT2D eigenvalue weighted by molar-refractivity contribution is -0.385. The molecule has 0 unspecified atom stereocenters. The fourth-order valence-electron chi connectivity index (χ4n) is 1.43. The maximum Gasteiger partial charge on any atom is 0.311 e. The van der Waals surface area contributed by atoms with Gasteiger partial charge in [0.2, 0.25) is 5.75 Å². The molecule has 98 valence electrons. The Morgan fingerprint density at radius 1 is 1.05 bits per heavy atom. The van der Waals surface area contributed by atoms with Crippen LogP contribution in [0.2, 0.25) is 15.1 Å². The highest BCUT2D eigenvalue weighted by Gasteiger charge is 2.17. The van der Waals surface area contributed by atoms with Gasteiger partial charge in [-0.15, -0.1) is 0 Å². The van der Waals surface area contributed by atoms with Gasteiger partial charge in [0.25, 0.3) is 0 Å². The van der Waals surface area contributed by atoms with Crippen molar-refractivity contribution < 1.29 is 9.66 Å². The number of rotatable bonds is 3. The molecule has 0 saturated heterocycles. The molecule has 2 rings (SSSR count). The highest BCUT2D eigenvalue weighted by molar-refractivity contribution is 6.40. The van der Waals surface area contributed by atoms with Crippen LogP contribution in [0.3, 0.4) is 0 Å². The monoisotopic (exact) mass is 317 g/mol. The second-order valence-electron chi connectivity index (χ2n) is 3.53. The van der Waals surface area contributed by atoms with Crippen molar-refractivity contribution in [1.29, 1.82) is 0 Å². The van der Waals surface area contributed by atoms with Gasteiger partial charge in [-0.1, -0.05) is 46.9 Å². The molecule has 0 bridgehead atoms. The van der Waals surface area contributed by atoms with E-state index in [2.05, 4.69) is 0 Å². The van der Waals surface area contributed by atoms with E-state index in [9.17, 15) is 10.1 Å². The summed E-state index contributed by atoms with van der Waals surface area (Å²) in [5.41, 5.74) is -0.176. The van der Waals surface area contributed by atoms with Crippen LogP contribution in [0, 0.1) is 10.1 Å². The van der Waals surface area contributed by atoms with E-state index in [1.165, 1.54) is 30.3 Å². The molecule has 4 nitrogen and oxygen atoms in total. The Hall–Kier alpha value is -1.49. The largest absolute Gasteiger partial charge is 0.447 e. The smallest absolute Gasteiger partial charge is 0.311 e. The first kappa shape index (κ1) is 13.9. The van der Waals surface area contributed by atoms with Crippen molar-refractivity contribution in [3.63, 3.8) is 0 Å². The van der Waals surface area contributed by atoms with Gasteiger partial charge in [-0.05, 0) is 18.2 Å². The van der Waals surface area contributed by atoms with Crippen molar-refractivity contribution in [3.05, 3.63) is 61.6 Å². The molecule has 0 fully saturated rings. The summed E-state index contributed by atoms with van der Waals surface area (Å²) in [5.74, 6) is 0.181. The van der Waals surface area contributed by atoms with E-state index in [0.29, 0.717) is 5.02 Å². The predicted octanol–water partition coefficient (Wildman–Crippen LogP) is 5.35. The fraction of sp³-hybridized carbons (Fsp3) is 0. The quantitative estimate of drug-likeness (QED) is 0.566. The lowest BCUT2D eigenvalue weighted by atomic mass is 10.3. The van der Waals surface area contributed by atoms with Gasteiger partial charge in [0.05, 0.1) is 15.0 Å². The Bertz CT molecular complexity index is 623. The Balaban J connectivity index is 2.45. The van der Waals surface area contributed by atoms with E-state index < -0.39 is 4.92 Å². The average Bonchev–Trinajstić information content (AvgIpc) is 2.34. The first-order valence-electron chi connectivity index (χ1n) is 5.05. The van der Waals surface area contributed by atoms with Crippen molar-refractivity contribution in [2.45, 2.75) is 0 Å². The first-order chi connectivity index (χ1) is 8.99. The fourth-order valence-corrected chi connectivity index (χ4v) is 2.32. The highest BCUT2D eigenvalue weighted by atomic mass is 35.5. The number of hydrogen-bond acceptors (Lipinski definition) is 3. The second kappa shape index (κ2) is 5.65. The molecule has 0 spiro atoms. The third-order valence-electron chi connectivity index (χ3n) is 2.24. The third kappa shape index (κ3) is 3.10. The molecular formula is C12H6Cl3NO3. The van der Waals surface area contributed by atoms with Crippen LogP contribution in [0.15, 0.2) is 36.4 Å². The van der Waals surface area contributed by atoms with Crippen molar-refractivity contribution in [3.8, 4) is 11.5 Å². The summed E-state index contributed by atoms with van der Waals surface area (Å²) in [4.78, 5) is 10.3. The van der Waals surface area contributed by atoms with Crippen molar-refractivity contribution >= 4 is 40.5 Å². The normalized spacial score (nSPS) is 10.3. The summed E-state index contributed by atoms with van der Waals surface area (Å²) in [6.45, 7) is 0. The van der Waals surface area contributed by atoms with Crippen molar-refractivity contribution in [2.75, 3.05) is 0 Å². The lowest BCUT2D eigenvalue weighted by Gasteiger charge is -2.10. The van der Waals surface area contributed by atoms with Gasteiger partial charge in [0.1, 0.15) is 0 Å². The molecule has 0 atom stereocenters. The highest BCUT2D eigenvalue weighted by Crippen LogP contribution is 2.40. The van der Waals surface area contributed by atoms with Crippen LogP contribution in [0.5, 0.6) is 11.5 Å². The Kier molecular flexibility index (Phi) is 4.14. The molecule has 2 aromatic rings. The number of nitro groups is 1. The van der Waals surface area contributed by atoms with E-state index in [4.69, 9.17) is 39.5 Å². The molecule has 0 radical (unpaired) electrons. The van der Waals surface area contributed by atoms with E-state index in [1.807, 2.05) is 0 Å². The zero-order valence-electron chi connectivity index (χ0n) is 9.27. The Morgan fingerprint density at radius 2 is 1.63 bits per heavy atom. The Morgan fingerprint density at radius 3 is 2.21 bits per heavy atom. The minimum atomic E-state index is -0.549. The van der Waals surface area contributed by atoms with Gasteiger partial charge < -0.3 is 4.74 Å². The van der Waals surface area contributed by atoms with Crippen LogP contribution in [0.25, 0.3) is 0 Å². The second-order valence-corrected chi connectivity index (χ2v) is 4.78. The molecule has 0 aliphatic rings. The average molecular weight is 319 g/mol. The van der Waals surface area contributed by atoms with Crippen LogP contribution in [0.4, 0.5) is 5.69 Å². The minimum Gasteiger partial charge on any atom is -0.447 e. The molecule has 0 aliphatic heterocycles. The summed E-state index contributed by atoms with van der Waals surface area (Å²) in [7, 11) is 0. The van der Waals surface area contributed by atoms with Crippen molar-refractivity contribution in [1.82, 2.24) is 0 Å². The van der Waals surface area contributed by atoms with E-state index in [0.717, 1.165) is 0 Å². The molecule has 7 heteroatoms. The molecule has 0 aliphatic carbocycles. The zero-order chi connectivity index (χ0) is 14.0. The molecule has 0 amide bonds. The maximum atomic E-state index is 10.9. The number of hydrogen-bond donors (Lipinski definition) is 0. The molecule has 2 aromatic carbocycles. The van der Waals surface area contributed by atoms with Gasteiger partial charge in [-0.3, -0.25) is 10.1 Å². The standard InChI is InChI=1S/C12H6Cl3NO3/c13-7-5-8(14)12(9(15)6-7)19-11-4-2-1-3-10(11)16(17)18/h1-6H. The van der Waals surface area contributed by atoms with E-state index in [1.54, 1.807) is 6.07 Å². The maximum absolute atomic E-state index is 10.9. The van der Waals surface area contributed by atoms with Crippen LogP contribution in [0.1, 0.15) is 0 Å². The summed E-state index contributed by atoms with van der Waals surface area (Å²) in [6.07, 6.45) is 0. The van der Waals surface area contributed by atoms with Gasteiger partial charge in [-0.25, -0.2) is 0 Å². The summed E-state index contributed by atoms with van der Waals surface area (Å²) in [6, 6.07) is 8.82. The van der Waals surface area contributed by atoms with Gasteiger partial charge in [0.15, 0.2) is 5.75 Å². The third-order valence-corrected chi connectivity index (χ3v) is 3.02. The van der Waals surface area contributed by atoms with Gasteiger partial charge in [0, 0.05) is 11.1 Å². The SMILES string of the molecule is O=[N+]([O-])c1ccccc1Oc1c(Cl)cc(Cl)cc1Cl.